The van der Waals surface area contributed by atoms with Crippen LogP contribution in [-0.4, -0.2) is 23.7 Å². The Balaban J connectivity index is 1.65. The molecule has 2 aromatic heterocycles. The summed E-state index contributed by atoms with van der Waals surface area (Å²) >= 11 is 1.39. The second-order valence-corrected chi connectivity index (χ2v) is 7.25. The first kappa shape index (κ1) is 16.5. The SMILES string of the molecule is O=C(Cc1cn2ccsc2n1)NNS(=O)(=O)c1ccc(F)cc1F. The molecule has 0 saturated heterocycles. The Bertz CT molecular complexity index is 985. The minimum Gasteiger partial charge on any atom is -0.297 e. The zero-order chi connectivity index (χ0) is 17.3. The Morgan fingerprint density at radius 2 is 2.12 bits per heavy atom. The highest BCUT2D eigenvalue weighted by Crippen LogP contribution is 2.15. The minimum absolute atomic E-state index is 0.164. The predicted molar refractivity (Wildman–Crippen MR) is 81.6 cm³/mol. The van der Waals surface area contributed by atoms with E-state index < -0.39 is 32.5 Å². The van der Waals surface area contributed by atoms with Crippen molar-refractivity contribution in [1.29, 1.82) is 0 Å². The first-order valence-corrected chi connectivity index (χ1v) is 8.88. The number of aromatic nitrogens is 2. The molecular weight excluding hydrogens is 362 g/mol. The zero-order valence-electron chi connectivity index (χ0n) is 11.9. The van der Waals surface area contributed by atoms with E-state index in [1.54, 1.807) is 21.6 Å². The van der Waals surface area contributed by atoms with Crippen LogP contribution in [-0.2, 0) is 21.2 Å². The highest BCUT2D eigenvalue weighted by molar-refractivity contribution is 7.89. The van der Waals surface area contributed by atoms with Gasteiger partial charge in [0.25, 0.3) is 10.0 Å². The second-order valence-electron chi connectivity index (χ2n) is 4.73. The molecule has 2 N–H and O–H groups in total. The fourth-order valence-corrected chi connectivity index (χ4v) is 3.58. The van der Waals surface area contributed by atoms with Crippen molar-refractivity contribution in [1.82, 2.24) is 19.6 Å². The average Bonchev–Trinajstić information content (AvgIpc) is 3.06. The van der Waals surface area contributed by atoms with Crippen molar-refractivity contribution in [3.63, 3.8) is 0 Å². The lowest BCUT2D eigenvalue weighted by Gasteiger charge is -2.08. The van der Waals surface area contributed by atoms with Crippen LogP contribution in [0.4, 0.5) is 8.78 Å². The molecule has 1 amide bonds. The van der Waals surface area contributed by atoms with Gasteiger partial charge >= 0.3 is 0 Å². The van der Waals surface area contributed by atoms with Crippen LogP contribution in [0.2, 0.25) is 0 Å². The first-order valence-electron chi connectivity index (χ1n) is 6.52. The van der Waals surface area contributed by atoms with Gasteiger partial charge in [0.15, 0.2) is 4.96 Å². The molecule has 11 heteroatoms. The molecule has 0 bridgehead atoms. The Morgan fingerprint density at radius 1 is 1.33 bits per heavy atom. The highest BCUT2D eigenvalue weighted by Gasteiger charge is 2.20. The molecule has 7 nitrogen and oxygen atoms in total. The van der Waals surface area contributed by atoms with Crippen LogP contribution >= 0.6 is 11.3 Å². The third-order valence-corrected chi connectivity index (χ3v) is 5.04. The number of hydrogen-bond acceptors (Lipinski definition) is 5. The Morgan fingerprint density at radius 3 is 2.83 bits per heavy atom. The van der Waals surface area contributed by atoms with Crippen LogP contribution < -0.4 is 10.3 Å². The van der Waals surface area contributed by atoms with Crippen molar-refractivity contribution in [3.05, 3.63) is 53.3 Å². The van der Waals surface area contributed by atoms with Gasteiger partial charge in [-0.2, -0.15) is 0 Å². The van der Waals surface area contributed by atoms with Crippen LogP contribution in [0.1, 0.15) is 5.69 Å². The number of carbonyl (C=O) groups excluding carboxylic acids is 1. The maximum absolute atomic E-state index is 13.5. The Hall–Kier alpha value is -2.37. The molecule has 126 valence electrons. The summed E-state index contributed by atoms with van der Waals surface area (Å²) in [5, 5.41) is 1.83. The van der Waals surface area contributed by atoms with Crippen LogP contribution in [0.5, 0.6) is 0 Å². The van der Waals surface area contributed by atoms with Gasteiger partial charge in [-0.15, -0.1) is 16.2 Å². The van der Waals surface area contributed by atoms with Crippen LogP contribution in [0.25, 0.3) is 4.96 Å². The van der Waals surface area contributed by atoms with Gasteiger partial charge in [-0.3, -0.25) is 14.6 Å². The van der Waals surface area contributed by atoms with E-state index in [9.17, 15) is 22.0 Å². The van der Waals surface area contributed by atoms with Crippen molar-refractivity contribution >= 4 is 32.2 Å². The van der Waals surface area contributed by atoms with Crippen molar-refractivity contribution in [2.24, 2.45) is 0 Å². The highest BCUT2D eigenvalue weighted by atomic mass is 32.2. The Labute approximate surface area is 139 Å². The zero-order valence-corrected chi connectivity index (χ0v) is 13.5. The van der Waals surface area contributed by atoms with Gasteiger partial charge < -0.3 is 0 Å². The number of carbonyl (C=O) groups is 1. The molecule has 24 heavy (non-hydrogen) atoms. The molecule has 0 saturated carbocycles. The molecule has 0 atom stereocenters. The number of imidazole rings is 1. The fraction of sp³-hybridized carbons (Fsp3) is 0.0769. The lowest BCUT2D eigenvalue weighted by Crippen LogP contribution is -2.42. The molecule has 0 fully saturated rings. The summed E-state index contributed by atoms with van der Waals surface area (Å²) in [5.41, 5.74) is 2.42. The molecule has 0 aliphatic rings. The molecule has 1 aromatic carbocycles. The van der Waals surface area contributed by atoms with E-state index in [1.165, 1.54) is 11.3 Å². The van der Waals surface area contributed by atoms with Crippen LogP contribution in [0.3, 0.4) is 0 Å². The smallest absolute Gasteiger partial charge is 0.260 e. The standard InChI is InChI=1S/C13H10F2N4O3S2/c14-8-1-2-11(10(15)5-8)24(21,22)18-17-12(20)6-9-7-19-3-4-23-13(19)16-9/h1-5,7,18H,6H2,(H,17,20). The van der Waals surface area contributed by atoms with Crippen molar-refractivity contribution < 1.29 is 22.0 Å². The van der Waals surface area contributed by atoms with Crippen LogP contribution in [0, 0.1) is 11.6 Å². The van der Waals surface area contributed by atoms with Crippen molar-refractivity contribution in [2.45, 2.75) is 11.3 Å². The summed E-state index contributed by atoms with van der Waals surface area (Å²) in [6.07, 6.45) is 3.25. The number of hydrogen-bond donors (Lipinski definition) is 2. The summed E-state index contributed by atoms with van der Waals surface area (Å²) in [6, 6.07) is 2.01. The van der Waals surface area contributed by atoms with Gasteiger partial charge in [0.2, 0.25) is 5.91 Å². The normalized spacial score (nSPS) is 11.8. The largest absolute Gasteiger partial charge is 0.297 e. The van der Waals surface area contributed by atoms with E-state index in [2.05, 4.69) is 4.98 Å². The predicted octanol–water partition coefficient (Wildman–Crippen LogP) is 1.23. The van der Waals surface area contributed by atoms with Gasteiger partial charge in [-0.05, 0) is 12.1 Å². The van der Waals surface area contributed by atoms with E-state index in [0.29, 0.717) is 16.7 Å². The second kappa shape index (κ2) is 6.26. The quantitative estimate of drug-likeness (QED) is 0.659. The topological polar surface area (TPSA) is 92.6 Å². The molecule has 0 spiro atoms. The number of thiazole rings is 1. The number of benzene rings is 1. The number of nitrogens with zero attached hydrogens (tertiary/aromatic N) is 2. The van der Waals surface area contributed by atoms with Gasteiger partial charge in [0.05, 0.1) is 12.1 Å². The van der Waals surface area contributed by atoms with Crippen molar-refractivity contribution in [3.8, 4) is 0 Å². The number of nitrogens with one attached hydrogen (secondary N) is 2. The summed E-state index contributed by atoms with van der Waals surface area (Å²) in [6.45, 7) is 0. The number of fused-ring (bicyclic) bond motifs is 1. The maximum Gasteiger partial charge on any atom is 0.260 e. The van der Waals surface area contributed by atoms with E-state index in [1.807, 2.05) is 10.8 Å². The maximum atomic E-state index is 13.5. The molecular formula is C13H10F2N4O3S2. The fourth-order valence-electron chi connectivity index (χ4n) is 1.94. The third kappa shape index (κ3) is 3.42. The summed E-state index contributed by atoms with van der Waals surface area (Å²) in [4.78, 5) is 17.7. The minimum atomic E-state index is -4.36. The van der Waals surface area contributed by atoms with Crippen LogP contribution in [0.15, 0.2) is 40.9 Å². The van der Waals surface area contributed by atoms with Gasteiger partial charge in [0, 0.05) is 23.8 Å². The molecule has 3 rings (SSSR count). The number of sulfonamides is 1. The van der Waals surface area contributed by atoms with Gasteiger partial charge in [-0.25, -0.2) is 22.2 Å². The summed E-state index contributed by atoms with van der Waals surface area (Å²) in [7, 11) is -4.36. The molecule has 0 unspecified atom stereocenters. The van der Waals surface area contributed by atoms with E-state index >= 15 is 0 Å². The summed E-state index contributed by atoms with van der Waals surface area (Å²) < 4.78 is 51.9. The molecule has 0 aliphatic carbocycles. The molecule has 2 heterocycles. The first-order chi connectivity index (χ1) is 11.3. The third-order valence-electron chi connectivity index (χ3n) is 2.99. The van der Waals surface area contributed by atoms with Gasteiger partial charge in [0.1, 0.15) is 16.5 Å². The van der Waals surface area contributed by atoms with E-state index in [-0.39, 0.29) is 6.42 Å². The lowest BCUT2D eigenvalue weighted by atomic mass is 10.3. The monoisotopic (exact) mass is 372 g/mol. The van der Waals surface area contributed by atoms with Crippen molar-refractivity contribution in [2.75, 3.05) is 0 Å². The average molecular weight is 372 g/mol. The number of halogens is 2. The molecule has 0 radical (unpaired) electrons. The lowest BCUT2D eigenvalue weighted by molar-refractivity contribution is -0.120. The number of amides is 1. The molecule has 3 aromatic rings. The summed E-state index contributed by atoms with van der Waals surface area (Å²) in [5.74, 6) is -2.84. The number of rotatable bonds is 5. The van der Waals surface area contributed by atoms with E-state index in [0.717, 1.165) is 12.1 Å². The van der Waals surface area contributed by atoms with E-state index in [4.69, 9.17) is 0 Å². The number of hydrazine groups is 1. The van der Waals surface area contributed by atoms with Gasteiger partial charge in [-0.1, -0.05) is 0 Å². The Kier molecular flexibility index (Phi) is 4.30. The molecule has 0 aliphatic heterocycles.